The van der Waals surface area contributed by atoms with Crippen molar-refractivity contribution in [2.45, 2.75) is 6.92 Å². The van der Waals surface area contributed by atoms with Gasteiger partial charge >= 0.3 is 0 Å². The molecule has 0 radical (unpaired) electrons. The van der Waals surface area contributed by atoms with E-state index in [1.54, 1.807) is 6.20 Å². The van der Waals surface area contributed by atoms with Crippen LogP contribution >= 0.6 is 27.5 Å². The highest BCUT2D eigenvalue weighted by Gasteiger charge is 2.05. The van der Waals surface area contributed by atoms with Gasteiger partial charge in [-0.2, -0.15) is 10.1 Å². The molecule has 0 saturated heterocycles. The van der Waals surface area contributed by atoms with E-state index in [2.05, 4.69) is 41.7 Å². The van der Waals surface area contributed by atoms with Gasteiger partial charge in [-0.15, -0.1) is 5.10 Å². The molecule has 116 valence electrons. The summed E-state index contributed by atoms with van der Waals surface area (Å²) in [4.78, 5) is 4.39. The van der Waals surface area contributed by atoms with E-state index in [1.807, 2.05) is 49.4 Å². The molecule has 0 fully saturated rings. The summed E-state index contributed by atoms with van der Waals surface area (Å²) in [5, 5.41) is 14.8. The maximum absolute atomic E-state index is 6.13. The van der Waals surface area contributed by atoms with Crippen LogP contribution < -0.4 is 10.6 Å². The van der Waals surface area contributed by atoms with Crippen molar-refractivity contribution in [1.29, 1.82) is 0 Å². The van der Waals surface area contributed by atoms with Crippen LogP contribution in [0.3, 0.4) is 0 Å². The van der Waals surface area contributed by atoms with Crippen molar-refractivity contribution in [2.75, 3.05) is 10.6 Å². The lowest BCUT2D eigenvalue weighted by Crippen LogP contribution is -2.02. The number of nitrogens with zero attached hydrogens (tertiary/aromatic N) is 3. The Morgan fingerprint density at radius 3 is 2.70 bits per heavy atom. The van der Waals surface area contributed by atoms with Crippen molar-refractivity contribution in [2.24, 2.45) is 0 Å². The number of aromatic nitrogens is 3. The Bertz CT molecular complexity index is 840. The van der Waals surface area contributed by atoms with Gasteiger partial charge in [0.05, 0.1) is 16.9 Å². The van der Waals surface area contributed by atoms with Crippen LogP contribution in [0.25, 0.3) is 0 Å². The second kappa shape index (κ2) is 6.93. The van der Waals surface area contributed by atoms with Gasteiger partial charge in [-0.1, -0.05) is 39.7 Å². The van der Waals surface area contributed by atoms with Crippen molar-refractivity contribution in [1.82, 2.24) is 15.2 Å². The van der Waals surface area contributed by atoms with E-state index in [0.29, 0.717) is 16.8 Å². The molecule has 1 aromatic heterocycles. The lowest BCUT2D eigenvalue weighted by molar-refractivity contribution is 0.982. The molecule has 2 N–H and O–H groups in total. The van der Waals surface area contributed by atoms with Gasteiger partial charge in [-0.05, 0) is 42.8 Å². The third-order valence-corrected chi connectivity index (χ3v) is 4.33. The molecule has 0 atom stereocenters. The summed E-state index contributed by atoms with van der Waals surface area (Å²) in [7, 11) is 0. The summed E-state index contributed by atoms with van der Waals surface area (Å²) in [5.41, 5.74) is 2.77. The number of hydrogen-bond donors (Lipinski definition) is 2. The average Bonchev–Trinajstić information content (AvgIpc) is 2.54. The van der Waals surface area contributed by atoms with Crippen molar-refractivity contribution in [3.63, 3.8) is 0 Å². The summed E-state index contributed by atoms with van der Waals surface area (Å²) in [6.07, 6.45) is 1.54. The van der Waals surface area contributed by atoms with Crippen molar-refractivity contribution >= 4 is 50.7 Å². The van der Waals surface area contributed by atoms with E-state index in [-0.39, 0.29) is 0 Å². The molecule has 7 heteroatoms. The van der Waals surface area contributed by atoms with Crippen LogP contribution in [0.2, 0.25) is 5.02 Å². The average molecular weight is 391 g/mol. The van der Waals surface area contributed by atoms with Crippen LogP contribution in [0.1, 0.15) is 5.56 Å². The van der Waals surface area contributed by atoms with Gasteiger partial charge < -0.3 is 10.6 Å². The van der Waals surface area contributed by atoms with Gasteiger partial charge in [0.15, 0.2) is 5.82 Å². The highest BCUT2D eigenvalue weighted by atomic mass is 79.9. The third-order valence-electron chi connectivity index (χ3n) is 3.11. The van der Waals surface area contributed by atoms with Crippen molar-refractivity contribution < 1.29 is 0 Å². The number of aryl methyl sites for hydroxylation is 1. The Balaban J connectivity index is 1.79. The molecule has 2 aromatic carbocycles. The van der Waals surface area contributed by atoms with E-state index in [0.717, 1.165) is 21.4 Å². The Labute approximate surface area is 147 Å². The number of rotatable bonds is 4. The first-order chi connectivity index (χ1) is 11.1. The number of nitrogens with one attached hydrogen (secondary N) is 2. The van der Waals surface area contributed by atoms with E-state index >= 15 is 0 Å². The second-order valence-corrected chi connectivity index (χ2v) is 6.12. The topological polar surface area (TPSA) is 62.7 Å². The number of hydrogen-bond acceptors (Lipinski definition) is 5. The summed E-state index contributed by atoms with van der Waals surface area (Å²) >= 11 is 9.61. The maximum Gasteiger partial charge on any atom is 0.249 e. The van der Waals surface area contributed by atoms with Gasteiger partial charge in [0.2, 0.25) is 5.95 Å². The minimum Gasteiger partial charge on any atom is -0.338 e. The lowest BCUT2D eigenvalue weighted by Gasteiger charge is -2.09. The molecule has 23 heavy (non-hydrogen) atoms. The SMILES string of the molecule is Cc1cc(Nc2nncc(Nc3ccccc3Cl)n2)ccc1Br. The standard InChI is InChI=1S/C16H13BrClN5/c1-10-8-11(6-7-12(10)17)20-16-22-15(9-19-23-16)21-14-5-3-2-4-13(14)18/h2-9H,1H3,(H2,20,21,22,23). The zero-order chi connectivity index (χ0) is 16.2. The van der Waals surface area contributed by atoms with Gasteiger partial charge in [-0.25, -0.2) is 0 Å². The van der Waals surface area contributed by atoms with Crippen LogP contribution in [0.15, 0.2) is 53.1 Å². The van der Waals surface area contributed by atoms with E-state index in [1.165, 1.54) is 0 Å². The fraction of sp³-hybridized carbons (Fsp3) is 0.0625. The Morgan fingerprint density at radius 1 is 1.09 bits per heavy atom. The fourth-order valence-electron chi connectivity index (χ4n) is 1.97. The monoisotopic (exact) mass is 389 g/mol. The van der Waals surface area contributed by atoms with Gasteiger partial charge in [0.25, 0.3) is 0 Å². The third kappa shape index (κ3) is 3.97. The number of halogens is 2. The minimum atomic E-state index is 0.406. The quantitative estimate of drug-likeness (QED) is 0.650. The summed E-state index contributed by atoms with van der Waals surface area (Å²) in [5.74, 6) is 0.966. The number of anilines is 4. The van der Waals surface area contributed by atoms with Gasteiger partial charge in [0, 0.05) is 10.2 Å². The fourth-order valence-corrected chi connectivity index (χ4v) is 2.40. The largest absolute Gasteiger partial charge is 0.338 e. The molecule has 0 unspecified atom stereocenters. The van der Waals surface area contributed by atoms with Crippen molar-refractivity contribution in [3.05, 3.63) is 63.7 Å². The first kappa shape index (κ1) is 15.7. The molecule has 0 amide bonds. The van der Waals surface area contributed by atoms with Crippen LogP contribution in [-0.4, -0.2) is 15.2 Å². The smallest absolute Gasteiger partial charge is 0.249 e. The van der Waals surface area contributed by atoms with Crippen LogP contribution in [0.4, 0.5) is 23.1 Å². The van der Waals surface area contributed by atoms with Gasteiger partial charge in [-0.3, -0.25) is 0 Å². The van der Waals surface area contributed by atoms with E-state index in [4.69, 9.17) is 11.6 Å². The summed E-state index contributed by atoms with van der Waals surface area (Å²) in [6.45, 7) is 2.02. The molecule has 0 spiro atoms. The molecule has 5 nitrogen and oxygen atoms in total. The zero-order valence-electron chi connectivity index (χ0n) is 12.2. The van der Waals surface area contributed by atoms with E-state index < -0.39 is 0 Å². The Kier molecular flexibility index (Phi) is 4.73. The zero-order valence-corrected chi connectivity index (χ0v) is 14.6. The molecule has 0 aliphatic heterocycles. The van der Waals surface area contributed by atoms with Crippen LogP contribution in [0.5, 0.6) is 0 Å². The second-order valence-electron chi connectivity index (χ2n) is 4.86. The first-order valence-corrected chi connectivity index (χ1v) is 8.03. The number of para-hydroxylation sites is 1. The van der Waals surface area contributed by atoms with Crippen molar-refractivity contribution in [3.8, 4) is 0 Å². The molecule has 1 heterocycles. The Hall–Kier alpha value is -2.18. The molecular weight excluding hydrogens is 378 g/mol. The van der Waals surface area contributed by atoms with Crippen LogP contribution in [0, 0.1) is 6.92 Å². The summed E-state index contributed by atoms with van der Waals surface area (Å²) in [6, 6.07) is 13.4. The highest BCUT2D eigenvalue weighted by Crippen LogP contribution is 2.25. The normalized spacial score (nSPS) is 10.4. The lowest BCUT2D eigenvalue weighted by atomic mass is 10.2. The number of benzene rings is 2. The van der Waals surface area contributed by atoms with E-state index in [9.17, 15) is 0 Å². The minimum absolute atomic E-state index is 0.406. The highest BCUT2D eigenvalue weighted by molar-refractivity contribution is 9.10. The molecule has 0 saturated carbocycles. The molecular formula is C16H13BrClN5. The van der Waals surface area contributed by atoms with Gasteiger partial charge in [0.1, 0.15) is 0 Å². The maximum atomic E-state index is 6.13. The summed E-state index contributed by atoms with van der Waals surface area (Å²) < 4.78 is 1.05. The predicted molar refractivity (Wildman–Crippen MR) is 96.7 cm³/mol. The Morgan fingerprint density at radius 2 is 1.91 bits per heavy atom. The predicted octanol–water partition coefficient (Wildman–Crippen LogP) is 5.08. The molecule has 0 bridgehead atoms. The molecule has 0 aliphatic rings. The molecule has 0 aliphatic carbocycles. The van der Waals surface area contributed by atoms with Crippen LogP contribution in [-0.2, 0) is 0 Å². The molecule has 3 rings (SSSR count). The first-order valence-electron chi connectivity index (χ1n) is 6.86. The molecule has 3 aromatic rings.